The molecular formula is C13H10F3IO4. The van der Waals surface area contributed by atoms with Crippen molar-refractivity contribution in [2.75, 3.05) is 6.61 Å². The van der Waals surface area contributed by atoms with Crippen LogP contribution in [0.2, 0.25) is 0 Å². The van der Waals surface area contributed by atoms with Crippen molar-refractivity contribution in [2.24, 2.45) is 0 Å². The summed E-state index contributed by atoms with van der Waals surface area (Å²) in [4.78, 5) is 22.7. The molecule has 1 aromatic carbocycles. The maximum atomic E-state index is 12.6. The average molecular weight is 414 g/mol. The Balaban J connectivity index is 3.11. The number of alkyl halides is 3. The minimum absolute atomic E-state index is 0.0163. The molecule has 0 fully saturated rings. The number of hydrogen-bond donors (Lipinski definition) is 0. The SMILES string of the molecule is CCOC(=O)C(=O)/C=C(\OI)c1cccc(C(F)(F)F)c1. The minimum atomic E-state index is -4.52. The van der Waals surface area contributed by atoms with E-state index in [0.29, 0.717) is 0 Å². The van der Waals surface area contributed by atoms with Crippen molar-refractivity contribution < 1.29 is 30.6 Å². The Morgan fingerprint density at radius 2 is 2.00 bits per heavy atom. The van der Waals surface area contributed by atoms with Gasteiger partial charge in [-0.3, -0.25) is 4.79 Å². The average Bonchev–Trinajstić information content (AvgIpc) is 2.44. The zero-order chi connectivity index (χ0) is 16.0. The third-order valence-corrected chi connectivity index (χ3v) is 2.77. The van der Waals surface area contributed by atoms with Crippen LogP contribution < -0.4 is 0 Å². The Bertz CT molecular complexity index is 567. The second kappa shape index (κ2) is 7.43. The maximum absolute atomic E-state index is 12.6. The number of esters is 1. The van der Waals surface area contributed by atoms with Crippen LogP contribution in [0.1, 0.15) is 18.1 Å². The summed E-state index contributed by atoms with van der Waals surface area (Å²) in [7, 11) is 0. The molecule has 0 radical (unpaired) electrons. The molecule has 0 N–H and O–H groups in total. The molecule has 1 aromatic rings. The summed E-state index contributed by atoms with van der Waals surface area (Å²) in [5.41, 5.74) is -0.861. The standard InChI is InChI=1S/C13H10F3IO4/c1-2-20-12(19)10(18)7-11(21-17)8-4-3-5-9(6-8)13(14,15)16/h3-7H,2H2,1H3/b11-7-. The summed E-state index contributed by atoms with van der Waals surface area (Å²) in [6.45, 7) is 1.54. The summed E-state index contributed by atoms with van der Waals surface area (Å²) in [6, 6.07) is 4.22. The highest BCUT2D eigenvalue weighted by atomic mass is 127. The first-order chi connectivity index (χ1) is 9.79. The summed E-state index contributed by atoms with van der Waals surface area (Å²) >= 11 is 1.41. The normalized spacial score (nSPS) is 12.0. The Kier molecular flexibility index (Phi) is 6.19. The second-order valence-electron chi connectivity index (χ2n) is 3.75. The van der Waals surface area contributed by atoms with E-state index in [4.69, 9.17) is 3.07 Å². The summed E-state index contributed by atoms with van der Waals surface area (Å²) in [6.07, 6.45) is -3.72. The van der Waals surface area contributed by atoms with Gasteiger partial charge in [-0.2, -0.15) is 13.2 Å². The molecule has 0 bridgehead atoms. The molecule has 0 saturated carbocycles. The number of rotatable bonds is 5. The number of halogens is 4. The van der Waals surface area contributed by atoms with Crippen molar-refractivity contribution in [3.8, 4) is 0 Å². The number of carbonyl (C=O) groups excluding carboxylic acids is 2. The van der Waals surface area contributed by atoms with E-state index >= 15 is 0 Å². The monoisotopic (exact) mass is 414 g/mol. The van der Waals surface area contributed by atoms with Crippen LogP contribution in [0, 0.1) is 0 Å². The Morgan fingerprint density at radius 3 is 2.52 bits per heavy atom. The number of hydrogen-bond acceptors (Lipinski definition) is 4. The first-order valence-electron chi connectivity index (χ1n) is 5.68. The van der Waals surface area contributed by atoms with Gasteiger partial charge in [-0.25, -0.2) is 4.79 Å². The first kappa shape index (κ1) is 17.5. The third-order valence-electron chi connectivity index (χ3n) is 2.30. The van der Waals surface area contributed by atoms with Crippen LogP contribution in [0.3, 0.4) is 0 Å². The third kappa shape index (κ3) is 5.03. The lowest BCUT2D eigenvalue weighted by Gasteiger charge is -2.09. The van der Waals surface area contributed by atoms with Gasteiger partial charge >= 0.3 is 12.1 Å². The van der Waals surface area contributed by atoms with Gasteiger partial charge in [0.25, 0.3) is 5.78 Å². The van der Waals surface area contributed by atoms with Crippen LogP contribution >= 0.6 is 23.0 Å². The summed E-state index contributed by atoms with van der Waals surface area (Å²) < 4.78 is 47.2. The van der Waals surface area contributed by atoms with Crippen LogP contribution in [0.5, 0.6) is 0 Å². The molecule has 0 amide bonds. The van der Waals surface area contributed by atoms with Crippen molar-refractivity contribution in [2.45, 2.75) is 13.1 Å². The fourth-order valence-electron chi connectivity index (χ4n) is 1.38. The molecule has 114 valence electrons. The second-order valence-corrected chi connectivity index (χ2v) is 4.19. The zero-order valence-electron chi connectivity index (χ0n) is 10.7. The van der Waals surface area contributed by atoms with Gasteiger partial charge in [0.15, 0.2) is 23.0 Å². The molecule has 0 saturated heterocycles. The van der Waals surface area contributed by atoms with E-state index in [-0.39, 0.29) is 17.9 Å². The maximum Gasteiger partial charge on any atom is 0.416 e. The number of ketones is 1. The molecule has 0 spiro atoms. The highest BCUT2D eigenvalue weighted by molar-refractivity contribution is 14.1. The van der Waals surface area contributed by atoms with Gasteiger partial charge in [-0.1, -0.05) is 12.1 Å². The molecule has 0 aliphatic rings. The topological polar surface area (TPSA) is 52.6 Å². The molecule has 21 heavy (non-hydrogen) atoms. The summed E-state index contributed by atoms with van der Waals surface area (Å²) in [5.74, 6) is -2.28. The van der Waals surface area contributed by atoms with Crippen LogP contribution in [-0.2, 0) is 23.6 Å². The summed E-state index contributed by atoms with van der Waals surface area (Å²) in [5, 5.41) is 0. The smallest absolute Gasteiger partial charge is 0.416 e. The van der Waals surface area contributed by atoms with E-state index < -0.39 is 23.5 Å². The number of carbonyl (C=O) groups is 2. The van der Waals surface area contributed by atoms with Crippen LogP contribution in [-0.4, -0.2) is 18.4 Å². The zero-order valence-corrected chi connectivity index (χ0v) is 12.9. The molecular weight excluding hydrogens is 404 g/mol. The quantitative estimate of drug-likeness (QED) is 0.243. The van der Waals surface area contributed by atoms with Crippen molar-refractivity contribution in [1.29, 1.82) is 0 Å². The fraction of sp³-hybridized carbons (Fsp3) is 0.231. The van der Waals surface area contributed by atoms with E-state index in [1.54, 1.807) is 0 Å². The predicted molar refractivity (Wildman–Crippen MR) is 76.2 cm³/mol. The van der Waals surface area contributed by atoms with E-state index in [1.807, 2.05) is 0 Å². The lowest BCUT2D eigenvalue weighted by Crippen LogP contribution is -2.15. The largest absolute Gasteiger partial charge is 0.460 e. The van der Waals surface area contributed by atoms with E-state index in [0.717, 1.165) is 18.2 Å². The van der Waals surface area contributed by atoms with Crippen molar-refractivity contribution in [1.82, 2.24) is 0 Å². The fourth-order valence-corrected chi connectivity index (χ4v) is 1.76. The van der Waals surface area contributed by atoms with Crippen LogP contribution in [0.15, 0.2) is 30.3 Å². The highest BCUT2D eigenvalue weighted by Gasteiger charge is 2.30. The lowest BCUT2D eigenvalue weighted by atomic mass is 10.1. The van der Waals surface area contributed by atoms with E-state index in [1.165, 1.54) is 42.1 Å². The van der Waals surface area contributed by atoms with Crippen LogP contribution in [0.25, 0.3) is 5.76 Å². The Hall–Kier alpha value is -1.58. The first-order valence-corrected chi connectivity index (χ1v) is 6.56. The highest BCUT2D eigenvalue weighted by Crippen LogP contribution is 2.31. The predicted octanol–water partition coefficient (Wildman–Crippen LogP) is 3.55. The minimum Gasteiger partial charge on any atom is -0.460 e. The Labute approximate surface area is 132 Å². The molecule has 0 heterocycles. The molecule has 4 nitrogen and oxygen atoms in total. The number of benzene rings is 1. The molecule has 0 aromatic heterocycles. The van der Waals surface area contributed by atoms with Gasteiger partial charge in [-0.15, -0.1) is 0 Å². The lowest BCUT2D eigenvalue weighted by molar-refractivity contribution is -0.151. The van der Waals surface area contributed by atoms with E-state index in [9.17, 15) is 22.8 Å². The molecule has 0 unspecified atom stereocenters. The van der Waals surface area contributed by atoms with Crippen LogP contribution in [0.4, 0.5) is 13.2 Å². The van der Waals surface area contributed by atoms with Gasteiger partial charge in [0.05, 0.1) is 12.2 Å². The molecule has 0 aliphatic heterocycles. The van der Waals surface area contributed by atoms with Gasteiger partial charge in [0.1, 0.15) is 5.76 Å². The van der Waals surface area contributed by atoms with Gasteiger partial charge in [0.2, 0.25) is 0 Å². The van der Waals surface area contributed by atoms with Gasteiger partial charge in [-0.05, 0) is 19.1 Å². The molecule has 8 heteroatoms. The molecule has 0 atom stereocenters. The van der Waals surface area contributed by atoms with E-state index in [2.05, 4.69) is 4.74 Å². The van der Waals surface area contributed by atoms with Gasteiger partial charge < -0.3 is 7.80 Å². The van der Waals surface area contributed by atoms with Crippen molar-refractivity contribution in [3.63, 3.8) is 0 Å². The molecule has 0 aliphatic carbocycles. The van der Waals surface area contributed by atoms with Crippen molar-refractivity contribution in [3.05, 3.63) is 41.5 Å². The van der Waals surface area contributed by atoms with Gasteiger partial charge in [0, 0.05) is 11.6 Å². The Morgan fingerprint density at radius 1 is 1.33 bits per heavy atom. The molecule has 1 rings (SSSR count). The number of ether oxygens (including phenoxy) is 1. The van der Waals surface area contributed by atoms with Crippen molar-refractivity contribution >= 4 is 40.5 Å².